The van der Waals surface area contributed by atoms with Gasteiger partial charge in [-0.25, -0.2) is 0 Å². The first-order valence-electron chi connectivity index (χ1n) is 4.63. The van der Waals surface area contributed by atoms with Gasteiger partial charge in [0.15, 0.2) is 0 Å². The highest BCUT2D eigenvalue weighted by Gasteiger charge is 2.00. The standard InChI is InChI=1S/C9H18N2/c1-10-9-7-5-3-2-4-6-8-11-9/h2-8H2,1H3,(H,10,11). The van der Waals surface area contributed by atoms with Crippen molar-refractivity contribution in [2.45, 2.75) is 38.5 Å². The molecule has 1 heterocycles. The van der Waals surface area contributed by atoms with Crippen LogP contribution in [0.15, 0.2) is 4.99 Å². The summed E-state index contributed by atoms with van der Waals surface area (Å²) in [5.41, 5.74) is 0. The predicted octanol–water partition coefficient (Wildman–Crippen LogP) is 1.96. The zero-order chi connectivity index (χ0) is 7.94. The highest BCUT2D eigenvalue weighted by atomic mass is 15.0. The fourth-order valence-corrected chi connectivity index (χ4v) is 1.46. The molecule has 1 saturated heterocycles. The molecule has 0 bridgehead atoms. The average molecular weight is 154 g/mol. The summed E-state index contributed by atoms with van der Waals surface area (Å²) in [7, 11) is 1.88. The maximum atomic E-state index is 4.20. The van der Waals surface area contributed by atoms with Crippen molar-refractivity contribution in [2.75, 3.05) is 13.6 Å². The molecule has 0 aromatic heterocycles. The van der Waals surface area contributed by atoms with Crippen LogP contribution in [0.4, 0.5) is 0 Å². The molecule has 64 valence electrons. The number of hydrogen-bond acceptors (Lipinski definition) is 1. The van der Waals surface area contributed by atoms with Gasteiger partial charge in [-0.1, -0.05) is 19.3 Å². The second kappa shape index (κ2) is 5.16. The zero-order valence-electron chi connectivity index (χ0n) is 7.40. The smallest absolute Gasteiger partial charge is 0.0959 e. The van der Waals surface area contributed by atoms with Gasteiger partial charge >= 0.3 is 0 Å². The Morgan fingerprint density at radius 3 is 2.64 bits per heavy atom. The molecule has 2 nitrogen and oxygen atoms in total. The summed E-state index contributed by atoms with van der Waals surface area (Å²) in [6.07, 6.45) is 7.92. The first-order valence-corrected chi connectivity index (χ1v) is 4.63. The molecule has 1 aliphatic heterocycles. The van der Waals surface area contributed by atoms with Gasteiger partial charge in [-0.2, -0.15) is 0 Å². The van der Waals surface area contributed by atoms with E-state index in [1.165, 1.54) is 37.9 Å². The van der Waals surface area contributed by atoms with Crippen LogP contribution in [0.5, 0.6) is 0 Å². The number of rotatable bonds is 0. The quantitative estimate of drug-likeness (QED) is 0.566. The fraction of sp³-hybridized carbons (Fsp3) is 0.889. The first kappa shape index (κ1) is 8.57. The second-order valence-corrected chi connectivity index (χ2v) is 3.11. The van der Waals surface area contributed by atoms with E-state index in [4.69, 9.17) is 0 Å². The van der Waals surface area contributed by atoms with Crippen molar-refractivity contribution < 1.29 is 0 Å². The Labute approximate surface area is 69.1 Å². The summed E-state index contributed by atoms with van der Waals surface area (Å²) in [4.78, 5) is 4.20. The van der Waals surface area contributed by atoms with E-state index in [1.807, 2.05) is 7.05 Å². The molecule has 0 saturated carbocycles. The number of hydrogen-bond donors (Lipinski definition) is 1. The first-order chi connectivity index (χ1) is 5.43. The highest BCUT2D eigenvalue weighted by molar-refractivity contribution is 5.81. The monoisotopic (exact) mass is 154 g/mol. The van der Waals surface area contributed by atoms with Crippen LogP contribution >= 0.6 is 0 Å². The highest BCUT2D eigenvalue weighted by Crippen LogP contribution is 2.07. The summed E-state index contributed by atoms with van der Waals surface area (Å²) in [5, 5.41) is 3.36. The molecule has 0 aliphatic carbocycles. The molecule has 2 heteroatoms. The summed E-state index contributed by atoms with van der Waals surface area (Å²) >= 11 is 0. The molecular formula is C9H18N2. The van der Waals surface area contributed by atoms with Crippen molar-refractivity contribution in [1.82, 2.24) is 5.32 Å². The maximum Gasteiger partial charge on any atom is 0.0959 e. The van der Waals surface area contributed by atoms with Crippen LogP contribution < -0.4 is 5.32 Å². The normalized spacial score (nSPS) is 25.0. The third kappa shape index (κ3) is 3.40. The topological polar surface area (TPSA) is 24.4 Å². The Morgan fingerprint density at radius 2 is 1.82 bits per heavy atom. The lowest BCUT2D eigenvalue weighted by Crippen LogP contribution is -2.23. The molecule has 1 rings (SSSR count). The van der Waals surface area contributed by atoms with Gasteiger partial charge in [-0.15, -0.1) is 0 Å². The molecule has 1 aliphatic rings. The second-order valence-electron chi connectivity index (χ2n) is 3.11. The van der Waals surface area contributed by atoms with Gasteiger partial charge in [0.1, 0.15) is 0 Å². The predicted molar refractivity (Wildman–Crippen MR) is 49.1 cm³/mol. The van der Waals surface area contributed by atoms with Gasteiger partial charge in [-0.3, -0.25) is 4.99 Å². The van der Waals surface area contributed by atoms with E-state index in [9.17, 15) is 0 Å². The molecule has 0 amide bonds. The third-order valence-corrected chi connectivity index (χ3v) is 2.19. The van der Waals surface area contributed by atoms with Gasteiger partial charge in [0.25, 0.3) is 0 Å². The van der Waals surface area contributed by atoms with Gasteiger partial charge in [0, 0.05) is 20.0 Å². The van der Waals surface area contributed by atoms with E-state index in [1.54, 1.807) is 0 Å². The molecule has 11 heavy (non-hydrogen) atoms. The summed E-state index contributed by atoms with van der Waals surface area (Å²) in [6.45, 7) is 1.12. The van der Waals surface area contributed by atoms with Crippen LogP contribution in [0, 0.1) is 0 Å². The molecule has 0 aromatic rings. The molecular weight excluding hydrogens is 136 g/mol. The zero-order valence-corrected chi connectivity index (χ0v) is 7.40. The van der Waals surface area contributed by atoms with E-state index in [0.29, 0.717) is 0 Å². The van der Waals surface area contributed by atoms with Crippen LogP contribution in [0.1, 0.15) is 38.5 Å². The van der Waals surface area contributed by atoms with Crippen LogP contribution in [0.2, 0.25) is 0 Å². The van der Waals surface area contributed by atoms with Crippen LogP contribution in [0.3, 0.4) is 0 Å². The molecule has 1 fully saturated rings. The van der Waals surface area contributed by atoms with E-state index >= 15 is 0 Å². The lowest BCUT2D eigenvalue weighted by atomic mass is 10.1. The number of nitrogens with zero attached hydrogens (tertiary/aromatic N) is 1. The SMILES string of the molecule is CN=C1CCCCCCCN1. The Hall–Kier alpha value is -0.530. The van der Waals surface area contributed by atoms with E-state index in [0.717, 1.165) is 13.0 Å². The van der Waals surface area contributed by atoms with Crippen molar-refractivity contribution in [1.29, 1.82) is 0 Å². The van der Waals surface area contributed by atoms with E-state index in [-0.39, 0.29) is 0 Å². The van der Waals surface area contributed by atoms with E-state index in [2.05, 4.69) is 10.3 Å². The maximum absolute atomic E-state index is 4.20. The summed E-state index contributed by atoms with van der Waals surface area (Å²) in [5.74, 6) is 1.20. The van der Waals surface area contributed by atoms with Crippen molar-refractivity contribution >= 4 is 5.84 Å². The molecule has 0 radical (unpaired) electrons. The largest absolute Gasteiger partial charge is 0.374 e. The Balaban J connectivity index is 2.31. The van der Waals surface area contributed by atoms with Crippen LogP contribution in [0.25, 0.3) is 0 Å². The van der Waals surface area contributed by atoms with Crippen molar-refractivity contribution in [2.24, 2.45) is 4.99 Å². The minimum atomic E-state index is 1.12. The van der Waals surface area contributed by atoms with Crippen molar-refractivity contribution in [3.05, 3.63) is 0 Å². The number of aliphatic imine (C=N–C) groups is 1. The lowest BCUT2D eigenvalue weighted by Gasteiger charge is -2.05. The molecule has 0 spiro atoms. The number of amidine groups is 1. The minimum Gasteiger partial charge on any atom is -0.374 e. The van der Waals surface area contributed by atoms with Gasteiger partial charge in [0.2, 0.25) is 0 Å². The summed E-state index contributed by atoms with van der Waals surface area (Å²) < 4.78 is 0. The van der Waals surface area contributed by atoms with Crippen molar-refractivity contribution in [3.8, 4) is 0 Å². The Kier molecular flexibility index (Phi) is 4.02. The van der Waals surface area contributed by atoms with Gasteiger partial charge < -0.3 is 5.32 Å². The molecule has 0 unspecified atom stereocenters. The van der Waals surface area contributed by atoms with Gasteiger partial charge in [0.05, 0.1) is 5.84 Å². The summed E-state index contributed by atoms with van der Waals surface area (Å²) in [6, 6.07) is 0. The van der Waals surface area contributed by atoms with E-state index < -0.39 is 0 Å². The number of nitrogens with one attached hydrogen (secondary N) is 1. The third-order valence-electron chi connectivity index (χ3n) is 2.19. The molecule has 0 atom stereocenters. The molecule has 1 N–H and O–H groups in total. The van der Waals surface area contributed by atoms with Gasteiger partial charge in [-0.05, 0) is 12.8 Å². The lowest BCUT2D eigenvalue weighted by molar-refractivity contribution is 0.635. The molecule has 0 aromatic carbocycles. The minimum absolute atomic E-state index is 1.12. The van der Waals surface area contributed by atoms with Crippen LogP contribution in [-0.4, -0.2) is 19.4 Å². The Bertz CT molecular complexity index is 118. The Morgan fingerprint density at radius 1 is 1.09 bits per heavy atom. The average Bonchev–Trinajstić information content (AvgIpc) is 2.16. The van der Waals surface area contributed by atoms with Crippen LogP contribution in [-0.2, 0) is 0 Å². The fourth-order valence-electron chi connectivity index (χ4n) is 1.46. The van der Waals surface area contributed by atoms with Crippen molar-refractivity contribution in [3.63, 3.8) is 0 Å².